The molecule has 2 bridgehead atoms. The number of hydrogen-bond donors (Lipinski definition) is 0. The number of fused-ring (bicyclic) bond motifs is 2. The summed E-state index contributed by atoms with van der Waals surface area (Å²) in [5.74, 6) is 0. The van der Waals surface area contributed by atoms with Crippen molar-refractivity contribution < 1.29 is 14.3 Å². The number of nitrogens with zero attached hydrogens (tertiary/aromatic N) is 1. The van der Waals surface area contributed by atoms with E-state index in [1.807, 2.05) is 25.7 Å². The minimum absolute atomic E-state index is 0.167. The van der Waals surface area contributed by atoms with Crippen LogP contribution in [0.1, 0.15) is 40.0 Å². The van der Waals surface area contributed by atoms with Crippen molar-refractivity contribution in [1.82, 2.24) is 4.90 Å². The smallest absolute Gasteiger partial charge is 0.410 e. The van der Waals surface area contributed by atoms with Gasteiger partial charge in [-0.15, -0.1) is 0 Å². The summed E-state index contributed by atoms with van der Waals surface area (Å²) < 4.78 is 10.7. The first-order valence-electron chi connectivity index (χ1n) is 6.34. The number of methoxy groups -OCH3 is 1. The molecule has 1 amide bonds. The van der Waals surface area contributed by atoms with Crippen molar-refractivity contribution in [2.24, 2.45) is 5.41 Å². The number of likely N-dealkylation sites (tertiary alicyclic amines) is 1. The van der Waals surface area contributed by atoms with Gasteiger partial charge in [-0.3, -0.25) is 0 Å². The molecule has 4 heteroatoms. The number of piperidine rings is 1. The molecule has 0 spiro atoms. The summed E-state index contributed by atoms with van der Waals surface area (Å²) in [5, 5.41) is 0. The monoisotopic (exact) mass is 241 g/mol. The van der Waals surface area contributed by atoms with Gasteiger partial charge in [0, 0.05) is 25.1 Å². The van der Waals surface area contributed by atoms with E-state index in [2.05, 4.69) is 0 Å². The second-order valence-corrected chi connectivity index (χ2v) is 6.44. The highest BCUT2D eigenvalue weighted by atomic mass is 16.6. The van der Waals surface area contributed by atoms with Gasteiger partial charge in [0.15, 0.2) is 0 Å². The zero-order valence-corrected chi connectivity index (χ0v) is 11.3. The van der Waals surface area contributed by atoms with Crippen molar-refractivity contribution in [1.29, 1.82) is 0 Å². The Balaban J connectivity index is 1.99. The van der Waals surface area contributed by atoms with Crippen LogP contribution >= 0.6 is 0 Å². The van der Waals surface area contributed by atoms with Crippen LogP contribution in [0.25, 0.3) is 0 Å². The number of ether oxygens (including phenoxy) is 2. The lowest BCUT2D eigenvalue weighted by Crippen LogP contribution is -2.43. The molecule has 98 valence electrons. The molecule has 2 rings (SSSR count). The zero-order valence-electron chi connectivity index (χ0n) is 11.3. The van der Waals surface area contributed by atoms with Crippen LogP contribution in [-0.4, -0.2) is 42.9 Å². The lowest BCUT2D eigenvalue weighted by Gasteiger charge is -2.33. The zero-order chi connectivity index (χ0) is 12.7. The molecule has 0 aromatic rings. The first-order valence-corrected chi connectivity index (χ1v) is 6.34. The van der Waals surface area contributed by atoms with Crippen LogP contribution < -0.4 is 0 Å². The van der Waals surface area contributed by atoms with Gasteiger partial charge >= 0.3 is 6.09 Å². The van der Waals surface area contributed by atoms with Gasteiger partial charge in [-0.2, -0.15) is 0 Å². The van der Waals surface area contributed by atoms with E-state index in [0.29, 0.717) is 6.04 Å². The van der Waals surface area contributed by atoms with Crippen LogP contribution in [0.2, 0.25) is 0 Å². The van der Waals surface area contributed by atoms with E-state index >= 15 is 0 Å². The molecule has 2 unspecified atom stereocenters. The predicted octanol–water partition coefficient (Wildman–Crippen LogP) is 2.42. The molecular formula is C13H23NO3. The molecule has 0 radical (unpaired) electrons. The van der Waals surface area contributed by atoms with E-state index in [1.54, 1.807) is 7.11 Å². The first-order chi connectivity index (χ1) is 7.85. The standard InChI is InChI=1S/C13H23NO3/c1-12(2,3)17-11(15)14-8-13(9-16-4)6-5-10(14)7-13/h10H,5-9H2,1-4H3. The number of hydrogen-bond acceptors (Lipinski definition) is 3. The molecule has 4 nitrogen and oxygen atoms in total. The van der Waals surface area contributed by atoms with Crippen molar-refractivity contribution in [3.8, 4) is 0 Å². The summed E-state index contributed by atoms with van der Waals surface area (Å²) in [4.78, 5) is 14.0. The molecule has 1 aliphatic heterocycles. The van der Waals surface area contributed by atoms with E-state index < -0.39 is 5.60 Å². The van der Waals surface area contributed by atoms with Crippen molar-refractivity contribution in [2.45, 2.75) is 51.7 Å². The summed E-state index contributed by atoms with van der Waals surface area (Å²) in [7, 11) is 1.73. The van der Waals surface area contributed by atoms with Crippen LogP contribution in [-0.2, 0) is 9.47 Å². The predicted molar refractivity (Wildman–Crippen MR) is 64.9 cm³/mol. The molecule has 1 saturated carbocycles. The van der Waals surface area contributed by atoms with E-state index in [4.69, 9.17) is 9.47 Å². The minimum Gasteiger partial charge on any atom is -0.444 e. The Kier molecular flexibility index (Phi) is 3.10. The van der Waals surface area contributed by atoms with Gasteiger partial charge in [0.05, 0.1) is 6.61 Å². The SMILES string of the molecule is COCC12CCC(C1)N(C(=O)OC(C)(C)C)C2. The molecular weight excluding hydrogens is 218 g/mol. The quantitative estimate of drug-likeness (QED) is 0.745. The Bertz CT molecular complexity index is 310. The highest BCUT2D eigenvalue weighted by Gasteiger charge is 2.51. The minimum atomic E-state index is -0.409. The molecule has 1 aliphatic carbocycles. The molecule has 0 aromatic carbocycles. The molecule has 2 atom stereocenters. The first kappa shape index (κ1) is 12.7. The number of carbonyl (C=O) groups excluding carboxylic acids is 1. The van der Waals surface area contributed by atoms with E-state index in [1.165, 1.54) is 6.42 Å². The van der Waals surface area contributed by atoms with Gasteiger partial charge < -0.3 is 14.4 Å². The molecule has 17 heavy (non-hydrogen) atoms. The number of amides is 1. The van der Waals surface area contributed by atoms with E-state index in [-0.39, 0.29) is 11.5 Å². The normalized spacial score (nSPS) is 32.0. The maximum Gasteiger partial charge on any atom is 0.410 e. The van der Waals surface area contributed by atoms with Crippen LogP contribution in [0, 0.1) is 5.41 Å². The van der Waals surface area contributed by atoms with Crippen LogP contribution in [0.15, 0.2) is 0 Å². The Morgan fingerprint density at radius 1 is 1.47 bits per heavy atom. The largest absolute Gasteiger partial charge is 0.444 e. The van der Waals surface area contributed by atoms with Crippen LogP contribution in [0.4, 0.5) is 4.79 Å². The Morgan fingerprint density at radius 3 is 2.76 bits per heavy atom. The van der Waals surface area contributed by atoms with Crippen molar-refractivity contribution in [3.63, 3.8) is 0 Å². The van der Waals surface area contributed by atoms with E-state index in [9.17, 15) is 4.79 Å². The molecule has 0 aromatic heterocycles. The molecule has 2 fully saturated rings. The Morgan fingerprint density at radius 2 is 2.18 bits per heavy atom. The third kappa shape index (κ3) is 2.57. The summed E-state index contributed by atoms with van der Waals surface area (Å²) in [6.45, 7) is 7.27. The third-order valence-corrected chi connectivity index (χ3v) is 3.70. The summed E-state index contributed by atoms with van der Waals surface area (Å²) in [6.07, 6.45) is 3.16. The lowest BCUT2D eigenvalue weighted by molar-refractivity contribution is 0.0101. The van der Waals surface area contributed by atoms with Crippen molar-refractivity contribution in [3.05, 3.63) is 0 Å². The molecule has 2 aliphatic rings. The van der Waals surface area contributed by atoms with Gasteiger partial charge in [0.25, 0.3) is 0 Å². The molecule has 0 N–H and O–H groups in total. The highest BCUT2D eigenvalue weighted by molar-refractivity contribution is 5.69. The van der Waals surface area contributed by atoms with Crippen molar-refractivity contribution in [2.75, 3.05) is 20.3 Å². The fraction of sp³-hybridized carbons (Fsp3) is 0.923. The molecule has 1 saturated heterocycles. The maximum absolute atomic E-state index is 12.1. The summed E-state index contributed by atoms with van der Waals surface area (Å²) in [5.41, 5.74) is -0.219. The topological polar surface area (TPSA) is 38.8 Å². The van der Waals surface area contributed by atoms with Gasteiger partial charge in [-0.25, -0.2) is 4.79 Å². The van der Waals surface area contributed by atoms with Gasteiger partial charge in [0.2, 0.25) is 0 Å². The van der Waals surface area contributed by atoms with Crippen LogP contribution in [0.3, 0.4) is 0 Å². The fourth-order valence-corrected chi connectivity index (χ4v) is 3.09. The summed E-state index contributed by atoms with van der Waals surface area (Å²) >= 11 is 0. The number of carbonyl (C=O) groups is 1. The third-order valence-electron chi connectivity index (χ3n) is 3.70. The molecule has 1 heterocycles. The lowest BCUT2D eigenvalue weighted by atomic mass is 9.88. The van der Waals surface area contributed by atoms with Gasteiger partial charge in [-0.05, 0) is 40.0 Å². The highest BCUT2D eigenvalue weighted by Crippen LogP contribution is 2.48. The second-order valence-electron chi connectivity index (χ2n) is 6.44. The second kappa shape index (κ2) is 4.16. The average molecular weight is 241 g/mol. The van der Waals surface area contributed by atoms with Crippen molar-refractivity contribution >= 4 is 6.09 Å². The van der Waals surface area contributed by atoms with Gasteiger partial charge in [-0.1, -0.05) is 0 Å². The Labute approximate surface area is 103 Å². The van der Waals surface area contributed by atoms with E-state index in [0.717, 1.165) is 26.0 Å². The Hall–Kier alpha value is -0.770. The average Bonchev–Trinajstić information content (AvgIpc) is 2.72. The van der Waals surface area contributed by atoms with Crippen LogP contribution in [0.5, 0.6) is 0 Å². The maximum atomic E-state index is 12.1. The number of rotatable bonds is 2. The summed E-state index contributed by atoms with van der Waals surface area (Å²) in [6, 6.07) is 0.361. The van der Waals surface area contributed by atoms with Gasteiger partial charge in [0.1, 0.15) is 5.60 Å². The fourth-order valence-electron chi connectivity index (χ4n) is 3.09.